The lowest BCUT2D eigenvalue weighted by Gasteiger charge is -2.14. The Morgan fingerprint density at radius 1 is 0.909 bits per heavy atom. The third-order valence-electron chi connectivity index (χ3n) is 5.30. The second-order valence-corrected chi connectivity index (χ2v) is 8.19. The average molecular weight is 462 g/mol. The number of amides is 4. The Bertz CT molecular complexity index is 1250. The second-order valence-electron chi connectivity index (χ2n) is 7.79. The molecule has 0 radical (unpaired) electrons. The number of nitrogens with zero attached hydrogens (tertiary/aromatic N) is 2. The Balaban J connectivity index is 1.43. The molecular formula is C25H20ClN3O4. The molecule has 3 aromatic rings. The third kappa shape index (κ3) is 4.36. The number of rotatable bonds is 5. The van der Waals surface area contributed by atoms with Crippen molar-refractivity contribution >= 4 is 40.9 Å². The number of carbonyl (C=O) groups is 4. The van der Waals surface area contributed by atoms with Crippen molar-refractivity contribution in [1.29, 1.82) is 0 Å². The number of halogens is 1. The molecule has 166 valence electrons. The first-order valence-electron chi connectivity index (χ1n) is 10.1. The zero-order valence-corrected chi connectivity index (χ0v) is 18.7. The highest BCUT2D eigenvalue weighted by atomic mass is 35.5. The van der Waals surface area contributed by atoms with Crippen LogP contribution in [0.4, 0.5) is 5.69 Å². The molecule has 7 nitrogen and oxygen atoms in total. The van der Waals surface area contributed by atoms with Gasteiger partial charge in [-0.3, -0.25) is 24.1 Å². The summed E-state index contributed by atoms with van der Waals surface area (Å²) in [4.78, 5) is 52.4. The van der Waals surface area contributed by atoms with Crippen molar-refractivity contribution in [1.82, 2.24) is 9.80 Å². The SMILES string of the molecule is CN(C)C(=O)c1ccc(NC(=O)c2ccc(CN3C(=O)c4ccccc4C3=O)cc2)cc1Cl. The molecule has 4 amide bonds. The van der Waals surface area contributed by atoms with E-state index in [-0.39, 0.29) is 35.2 Å². The predicted octanol–water partition coefficient (Wildman–Crippen LogP) is 4.09. The van der Waals surface area contributed by atoms with E-state index in [1.54, 1.807) is 74.8 Å². The van der Waals surface area contributed by atoms with Crippen LogP contribution in [0.1, 0.15) is 47.0 Å². The minimum absolute atomic E-state index is 0.116. The molecule has 4 rings (SSSR count). The molecule has 3 aromatic carbocycles. The van der Waals surface area contributed by atoms with Crippen LogP contribution in [-0.4, -0.2) is 47.5 Å². The largest absolute Gasteiger partial charge is 0.345 e. The Kier molecular flexibility index (Phi) is 5.98. The van der Waals surface area contributed by atoms with Crippen molar-refractivity contribution in [3.8, 4) is 0 Å². The van der Waals surface area contributed by atoms with Crippen LogP contribution in [-0.2, 0) is 6.54 Å². The van der Waals surface area contributed by atoms with E-state index in [0.717, 1.165) is 5.56 Å². The van der Waals surface area contributed by atoms with Gasteiger partial charge in [0.05, 0.1) is 28.3 Å². The fourth-order valence-corrected chi connectivity index (χ4v) is 3.80. The van der Waals surface area contributed by atoms with E-state index >= 15 is 0 Å². The molecule has 1 aliphatic heterocycles. The summed E-state index contributed by atoms with van der Waals surface area (Å²) in [5.41, 5.74) is 2.71. The number of hydrogen-bond acceptors (Lipinski definition) is 4. The van der Waals surface area contributed by atoms with Gasteiger partial charge in [-0.15, -0.1) is 0 Å². The Morgan fingerprint density at radius 2 is 1.52 bits per heavy atom. The van der Waals surface area contributed by atoms with Crippen molar-refractivity contribution in [3.05, 3.63) is 99.6 Å². The van der Waals surface area contributed by atoms with Gasteiger partial charge in [-0.1, -0.05) is 35.9 Å². The number of imide groups is 1. The molecule has 1 aliphatic rings. The molecule has 0 saturated carbocycles. The molecule has 1 N–H and O–H groups in total. The molecule has 0 aliphatic carbocycles. The van der Waals surface area contributed by atoms with Crippen molar-refractivity contribution in [3.63, 3.8) is 0 Å². The van der Waals surface area contributed by atoms with Gasteiger partial charge in [-0.25, -0.2) is 0 Å². The van der Waals surface area contributed by atoms with Crippen LogP contribution in [0, 0.1) is 0 Å². The molecule has 0 spiro atoms. The van der Waals surface area contributed by atoms with Gasteiger partial charge >= 0.3 is 0 Å². The number of carbonyl (C=O) groups excluding carboxylic acids is 4. The lowest BCUT2D eigenvalue weighted by Crippen LogP contribution is -2.29. The molecular weight excluding hydrogens is 442 g/mol. The number of fused-ring (bicyclic) bond motifs is 1. The molecule has 0 atom stereocenters. The molecule has 1 heterocycles. The van der Waals surface area contributed by atoms with Gasteiger partial charge in [0.2, 0.25) is 0 Å². The standard InChI is InChI=1S/C25H20ClN3O4/c1-28(2)23(31)20-12-11-17(13-21(20)26)27-22(30)16-9-7-15(8-10-16)14-29-24(32)18-5-3-4-6-19(18)25(29)33/h3-13H,14H2,1-2H3,(H,27,30). The fraction of sp³-hybridized carbons (Fsp3) is 0.120. The molecule has 0 bridgehead atoms. The topological polar surface area (TPSA) is 86.8 Å². The number of anilines is 1. The van der Waals surface area contributed by atoms with E-state index in [9.17, 15) is 19.2 Å². The number of benzene rings is 3. The van der Waals surface area contributed by atoms with E-state index < -0.39 is 0 Å². The highest BCUT2D eigenvalue weighted by molar-refractivity contribution is 6.34. The van der Waals surface area contributed by atoms with Crippen LogP contribution in [0.5, 0.6) is 0 Å². The minimum Gasteiger partial charge on any atom is -0.345 e. The van der Waals surface area contributed by atoms with Crippen LogP contribution in [0.15, 0.2) is 66.7 Å². The zero-order chi connectivity index (χ0) is 23.7. The Labute approximate surface area is 195 Å². The van der Waals surface area contributed by atoms with E-state index in [1.165, 1.54) is 15.9 Å². The van der Waals surface area contributed by atoms with Gasteiger partial charge in [0.25, 0.3) is 23.6 Å². The summed E-state index contributed by atoms with van der Waals surface area (Å²) in [6, 6.07) is 18.0. The summed E-state index contributed by atoms with van der Waals surface area (Å²) in [5, 5.41) is 2.98. The van der Waals surface area contributed by atoms with Crippen LogP contribution in [0.2, 0.25) is 5.02 Å². The maximum absolute atomic E-state index is 12.6. The lowest BCUT2D eigenvalue weighted by molar-refractivity contribution is 0.0641. The monoisotopic (exact) mass is 461 g/mol. The predicted molar refractivity (Wildman–Crippen MR) is 125 cm³/mol. The summed E-state index contributed by atoms with van der Waals surface area (Å²) >= 11 is 6.20. The highest BCUT2D eigenvalue weighted by Gasteiger charge is 2.34. The number of nitrogens with one attached hydrogen (secondary N) is 1. The van der Waals surface area contributed by atoms with Gasteiger partial charge in [-0.05, 0) is 48.0 Å². The zero-order valence-electron chi connectivity index (χ0n) is 18.0. The fourth-order valence-electron chi connectivity index (χ4n) is 3.54. The molecule has 0 fully saturated rings. The Morgan fingerprint density at radius 3 is 2.06 bits per heavy atom. The van der Waals surface area contributed by atoms with Gasteiger partial charge in [0.15, 0.2) is 0 Å². The summed E-state index contributed by atoms with van der Waals surface area (Å²) in [5.74, 6) is -1.24. The summed E-state index contributed by atoms with van der Waals surface area (Å²) < 4.78 is 0. The summed E-state index contributed by atoms with van der Waals surface area (Å²) in [7, 11) is 3.26. The molecule has 0 aromatic heterocycles. The van der Waals surface area contributed by atoms with E-state index in [0.29, 0.717) is 27.9 Å². The highest BCUT2D eigenvalue weighted by Crippen LogP contribution is 2.25. The molecule has 0 unspecified atom stereocenters. The van der Waals surface area contributed by atoms with Gasteiger partial charge in [0.1, 0.15) is 0 Å². The van der Waals surface area contributed by atoms with E-state index in [1.807, 2.05) is 0 Å². The average Bonchev–Trinajstić information content (AvgIpc) is 3.04. The lowest BCUT2D eigenvalue weighted by atomic mass is 10.1. The number of hydrogen-bond donors (Lipinski definition) is 1. The van der Waals surface area contributed by atoms with Crippen molar-refractivity contribution in [2.45, 2.75) is 6.54 Å². The summed E-state index contributed by atoms with van der Waals surface area (Å²) in [6.07, 6.45) is 0. The van der Waals surface area contributed by atoms with Crippen LogP contribution in [0.25, 0.3) is 0 Å². The normalized spacial score (nSPS) is 12.5. The second kappa shape index (κ2) is 8.88. The first kappa shape index (κ1) is 22.2. The van der Waals surface area contributed by atoms with E-state index in [4.69, 9.17) is 11.6 Å². The molecule has 0 saturated heterocycles. The van der Waals surface area contributed by atoms with Crippen molar-refractivity contribution < 1.29 is 19.2 Å². The van der Waals surface area contributed by atoms with E-state index in [2.05, 4.69) is 5.32 Å². The summed E-state index contributed by atoms with van der Waals surface area (Å²) in [6.45, 7) is 0.116. The minimum atomic E-state index is -0.356. The quantitative estimate of drug-likeness (QED) is 0.580. The van der Waals surface area contributed by atoms with Crippen LogP contribution < -0.4 is 5.32 Å². The third-order valence-corrected chi connectivity index (χ3v) is 5.61. The van der Waals surface area contributed by atoms with Crippen molar-refractivity contribution in [2.24, 2.45) is 0 Å². The van der Waals surface area contributed by atoms with Crippen LogP contribution in [0.3, 0.4) is 0 Å². The first-order valence-corrected chi connectivity index (χ1v) is 10.5. The molecule has 33 heavy (non-hydrogen) atoms. The van der Waals surface area contributed by atoms with Crippen LogP contribution >= 0.6 is 11.6 Å². The first-order chi connectivity index (χ1) is 15.8. The Hall–Kier alpha value is -3.97. The van der Waals surface area contributed by atoms with Gasteiger partial charge in [0, 0.05) is 25.3 Å². The van der Waals surface area contributed by atoms with Crippen molar-refractivity contribution in [2.75, 3.05) is 19.4 Å². The molecule has 8 heteroatoms. The maximum atomic E-state index is 12.6. The maximum Gasteiger partial charge on any atom is 0.261 e. The van der Waals surface area contributed by atoms with Gasteiger partial charge < -0.3 is 10.2 Å². The smallest absolute Gasteiger partial charge is 0.261 e. The van der Waals surface area contributed by atoms with Gasteiger partial charge in [-0.2, -0.15) is 0 Å².